The van der Waals surface area contributed by atoms with Crippen molar-refractivity contribution in [3.63, 3.8) is 0 Å². The molecular formula is C14H16F2N2O. The van der Waals surface area contributed by atoms with Crippen LogP contribution in [0.15, 0.2) is 16.7 Å². The van der Waals surface area contributed by atoms with Gasteiger partial charge in [0.2, 0.25) is 5.88 Å². The van der Waals surface area contributed by atoms with E-state index in [1.165, 1.54) is 12.1 Å². The van der Waals surface area contributed by atoms with E-state index in [2.05, 4.69) is 5.16 Å². The van der Waals surface area contributed by atoms with Crippen molar-refractivity contribution in [2.24, 2.45) is 5.92 Å². The summed E-state index contributed by atoms with van der Waals surface area (Å²) in [5.41, 5.74) is 6.59. The molecule has 0 saturated heterocycles. The predicted octanol–water partition coefficient (Wildman–Crippen LogP) is 3.71. The second-order valence-corrected chi connectivity index (χ2v) is 5.03. The normalized spacial score (nSPS) is 11.3. The third kappa shape index (κ3) is 2.45. The lowest BCUT2D eigenvalue weighted by atomic mass is 9.97. The number of hydrogen-bond donors (Lipinski definition) is 1. The minimum absolute atomic E-state index is 0.115. The number of nitrogen functional groups attached to an aromatic ring is 1. The van der Waals surface area contributed by atoms with Gasteiger partial charge in [0.25, 0.3) is 0 Å². The topological polar surface area (TPSA) is 52.0 Å². The third-order valence-corrected chi connectivity index (χ3v) is 2.95. The molecule has 1 heterocycles. The Balaban J connectivity index is 2.63. The molecule has 0 unspecified atom stereocenters. The highest BCUT2D eigenvalue weighted by atomic mass is 19.1. The van der Waals surface area contributed by atoms with Gasteiger partial charge in [-0.25, -0.2) is 8.78 Å². The zero-order valence-corrected chi connectivity index (χ0v) is 11.1. The molecule has 0 spiro atoms. The van der Waals surface area contributed by atoms with Gasteiger partial charge in [0, 0.05) is 5.56 Å². The maximum absolute atomic E-state index is 14.1. The molecule has 3 nitrogen and oxygen atoms in total. The first kappa shape index (κ1) is 13.5. The predicted molar refractivity (Wildman–Crippen MR) is 69.5 cm³/mol. The van der Waals surface area contributed by atoms with Crippen LogP contribution in [-0.2, 0) is 6.42 Å². The Morgan fingerprint density at radius 1 is 1.32 bits per heavy atom. The minimum atomic E-state index is -0.665. The van der Waals surface area contributed by atoms with E-state index in [0.29, 0.717) is 17.5 Å². The van der Waals surface area contributed by atoms with Crippen molar-refractivity contribution in [2.75, 3.05) is 5.73 Å². The highest BCUT2D eigenvalue weighted by Crippen LogP contribution is 2.33. The molecule has 0 aliphatic rings. The maximum atomic E-state index is 14.1. The molecule has 2 rings (SSSR count). The maximum Gasteiger partial charge on any atom is 0.225 e. The summed E-state index contributed by atoms with van der Waals surface area (Å²) >= 11 is 0. The van der Waals surface area contributed by atoms with E-state index in [0.717, 1.165) is 0 Å². The number of nitrogens with zero attached hydrogens (tertiary/aromatic N) is 1. The van der Waals surface area contributed by atoms with Crippen molar-refractivity contribution in [3.05, 3.63) is 34.9 Å². The third-order valence-electron chi connectivity index (χ3n) is 2.95. The van der Waals surface area contributed by atoms with Crippen LogP contribution in [0.1, 0.15) is 25.0 Å². The molecule has 0 radical (unpaired) electrons. The first-order valence-electron chi connectivity index (χ1n) is 6.10. The summed E-state index contributed by atoms with van der Waals surface area (Å²) in [4.78, 5) is 0. The quantitative estimate of drug-likeness (QED) is 0.921. The van der Waals surface area contributed by atoms with Gasteiger partial charge in [0.15, 0.2) is 0 Å². The molecule has 2 aromatic rings. The fourth-order valence-electron chi connectivity index (χ4n) is 2.00. The first-order chi connectivity index (χ1) is 8.91. The van der Waals surface area contributed by atoms with Gasteiger partial charge in [0.1, 0.15) is 17.3 Å². The molecule has 0 atom stereocenters. The van der Waals surface area contributed by atoms with Crippen LogP contribution in [0.5, 0.6) is 0 Å². The van der Waals surface area contributed by atoms with Gasteiger partial charge < -0.3 is 10.3 Å². The lowest BCUT2D eigenvalue weighted by Crippen LogP contribution is -2.01. The van der Waals surface area contributed by atoms with E-state index in [9.17, 15) is 8.78 Å². The Hall–Kier alpha value is -1.91. The largest absolute Gasteiger partial charge is 0.367 e. The summed E-state index contributed by atoms with van der Waals surface area (Å²) in [7, 11) is 0. The summed E-state index contributed by atoms with van der Waals surface area (Å²) in [6.45, 7) is 5.54. The molecule has 0 bridgehead atoms. The van der Waals surface area contributed by atoms with Crippen molar-refractivity contribution < 1.29 is 13.3 Å². The Kier molecular flexibility index (Phi) is 3.55. The Morgan fingerprint density at radius 2 is 2.00 bits per heavy atom. The summed E-state index contributed by atoms with van der Waals surface area (Å²) < 4.78 is 32.9. The highest BCUT2D eigenvalue weighted by molar-refractivity contribution is 5.69. The second-order valence-electron chi connectivity index (χ2n) is 5.03. The molecule has 0 aliphatic heterocycles. The van der Waals surface area contributed by atoms with E-state index in [4.69, 9.17) is 10.3 Å². The summed E-state index contributed by atoms with van der Waals surface area (Å²) in [6.07, 6.45) is 0.553. The fraction of sp³-hybridized carbons (Fsp3) is 0.357. The van der Waals surface area contributed by atoms with Crippen LogP contribution in [0.3, 0.4) is 0 Å². The molecule has 5 heteroatoms. The monoisotopic (exact) mass is 266 g/mol. The van der Waals surface area contributed by atoms with E-state index >= 15 is 0 Å². The Bertz CT molecular complexity index is 606. The molecule has 0 fully saturated rings. The van der Waals surface area contributed by atoms with Crippen LogP contribution in [0.2, 0.25) is 0 Å². The van der Waals surface area contributed by atoms with Gasteiger partial charge in [-0.1, -0.05) is 25.1 Å². The smallest absolute Gasteiger partial charge is 0.225 e. The zero-order valence-electron chi connectivity index (χ0n) is 11.1. The number of hydrogen-bond acceptors (Lipinski definition) is 3. The van der Waals surface area contributed by atoms with Crippen LogP contribution in [-0.4, -0.2) is 5.16 Å². The standard InChI is InChI=1S/C14H16F2N2O/c1-7(2)6-9-13(18-19-14(9)17)11-10(15)5-4-8(3)12(11)16/h4-5,7H,6,17H2,1-3H3. The lowest BCUT2D eigenvalue weighted by Gasteiger charge is -2.08. The van der Waals surface area contributed by atoms with Crippen LogP contribution in [0, 0.1) is 24.5 Å². The highest BCUT2D eigenvalue weighted by Gasteiger charge is 2.23. The molecule has 102 valence electrons. The molecule has 19 heavy (non-hydrogen) atoms. The SMILES string of the molecule is Cc1ccc(F)c(-c2noc(N)c2CC(C)C)c1F. The average Bonchev–Trinajstić information content (AvgIpc) is 2.67. The minimum Gasteiger partial charge on any atom is -0.367 e. The number of anilines is 1. The Morgan fingerprint density at radius 3 is 2.63 bits per heavy atom. The van der Waals surface area contributed by atoms with Gasteiger partial charge in [-0.15, -0.1) is 0 Å². The number of aryl methyl sites for hydroxylation is 1. The van der Waals surface area contributed by atoms with Gasteiger partial charge >= 0.3 is 0 Å². The Labute approximate surface area is 110 Å². The van der Waals surface area contributed by atoms with E-state index in [1.807, 2.05) is 13.8 Å². The van der Waals surface area contributed by atoms with E-state index in [-0.39, 0.29) is 23.1 Å². The molecule has 1 aromatic carbocycles. The molecule has 1 aromatic heterocycles. The van der Waals surface area contributed by atoms with Crippen molar-refractivity contribution in [1.82, 2.24) is 5.16 Å². The number of nitrogens with two attached hydrogens (primary N) is 1. The molecule has 0 saturated carbocycles. The molecule has 0 aliphatic carbocycles. The van der Waals surface area contributed by atoms with Crippen molar-refractivity contribution in [3.8, 4) is 11.3 Å². The number of benzene rings is 1. The molecular weight excluding hydrogens is 250 g/mol. The van der Waals surface area contributed by atoms with Crippen LogP contribution in [0.4, 0.5) is 14.7 Å². The van der Waals surface area contributed by atoms with E-state index < -0.39 is 11.6 Å². The van der Waals surface area contributed by atoms with Gasteiger partial charge in [-0.2, -0.15) is 0 Å². The molecule has 0 amide bonds. The second kappa shape index (κ2) is 4.99. The molecule has 2 N–H and O–H groups in total. The lowest BCUT2D eigenvalue weighted by molar-refractivity contribution is 0.436. The van der Waals surface area contributed by atoms with Crippen molar-refractivity contribution in [1.29, 1.82) is 0 Å². The number of rotatable bonds is 3. The van der Waals surface area contributed by atoms with Gasteiger partial charge in [0.05, 0.1) is 5.56 Å². The van der Waals surface area contributed by atoms with E-state index in [1.54, 1.807) is 6.92 Å². The number of halogens is 2. The summed E-state index contributed by atoms with van der Waals surface area (Å²) in [5, 5.41) is 3.72. The van der Waals surface area contributed by atoms with Crippen molar-refractivity contribution in [2.45, 2.75) is 27.2 Å². The van der Waals surface area contributed by atoms with Crippen LogP contribution >= 0.6 is 0 Å². The van der Waals surface area contributed by atoms with Gasteiger partial charge in [-0.3, -0.25) is 0 Å². The summed E-state index contributed by atoms with van der Waals surface area (Å²) in [5.74, 6) is -0.903. The van der Waals surface area contributed by atoms with Crippen LogP contribution < -0.4 is 5.73 Å². The van der Waals surface area contributed by atoms with Crippen molar-refractivity contribution >= 4 is 5.88 Å². The average molecular weight is 266 g/mol. The number of aromatic nitrogens is 1. The zero-order chi connectivity index (χ0) is 14.2. The first-order valence-corrected chi connectivity index (χ1v) is 6.10. The fourth-order valence-corrected chi connectivity index (χ4v) is 2.00. The van der Waals surface area contributed by atoms with Crippen LogP contribution in [0.25, 0.3) is 11.3 Å². The summed E-state index contributed by atoms with van der Waals surface area (Å²) in [6, 6.07) is 2.61. The van der Waals surface area contributed by atoms with Gasteiger partial charge in [-0.05, 0) is 30.9 Å².